The third-order valence-corrected chi connectivity index (χ3v) is 5.01. The Morgan fingerprint density at radius 3 is 2.86 bits per heavy atom. The third kappa shape index (κ3) is 2.44. The number of hydrogen-bond donors (Lipinski definition) is 1. The Balaban J connectivity index is 1.45. The van der Waals surface area contributed by atoms with Crippen LogP contribution in [0.4, 0.5) is 5.69 Å². The average molecular weight is 290 g/mol. The van der Waals surface area contributed by atoms with Gasteiger partial charge in [-0.05, 0) is 38.2 Å². The molecule has 0 bridgehead atoms. The van der Waals surface area contributed by atoms with E-state index in [0.717, 1.165) is 38.5 Å². The van der Waals surface area contributed by atoms with E-state index in [1.54, 1.807) is 6.07 Å². The number of ether oxygens (including phenoxy) is 2. The summed E-state index contributed by atoms with van der Waals surface area (Å²) in [5.41, 5.74) is 7.08. The van der Waals surface area contributed by atoms with Crippen LogP contribution >= 0.6 is 0 Å². The molecule has 21 heavy (non-hydrogen) atoms. The number of anilines is 1. The highest BCUT2D eigenvalue weighted by molar-refractivity contribution is 5.89. The number of rotatable bonds is 3. The zero-order valence-corrected chi connectivity index (χ0v) is 12.2. The molecule has 0 amide bonds. The molecule has 2 heterocycles. The van der Waals surface area contributed by atoms with Crippen molar-refractivity contribution in [3.63, 3.8) is 0 Å². The molecule has 0 radical (unpaired) electrons. The van der Waals surface area contributed by atoms with E-state index in [-0.39, 0.29) is 17.7 Å². The van der Waals surface area contributed by atoms with Crippen molar-refractivity contribution in [1.82, 2.24) is 4.57 Å². The molecule has 0 aromatic carbocycles. The molecule has 5 nitrogen and oxygen atoms in total. The fraction of sp³-hybridized carbons (Fsp3) is 0.688. The number of nitrogens with zero attached hydrogens (tertiary/aromatic N) is 1. The first-order chi connectivity index (χ1) is 10.2. The van der Waals surface area contributed by atoms with E-state index in [1.807, 2.05) is 10.8 Å². The van der Waals surface area contributed by atoms with Crippen molar-refractivity contribution in [1.29, 1.82) is 0 Å². The highest BCUT2D eigenvalue weighted by atomic mass is 16.6. The molecule has 1 aromatic heterocycles. The fourth-order valence-corrected chi connectivity index (χ4v) is 3.53. The van der Waals surface area contributed by atoms with Gasteiger partial charge < -0.3 is 19.8 Å². The van der Waals surface area contributed by atoms with Crippen molar-refractivity contribution in [2.75, 3.05) is 12.3 Å². The number of nitrogen functional groups attached to an aromatic ring is 1. The van der Waals surface area contributed by atoms with E-state index in [1.165, 1.54) is 6.42 Å². The van der Waals surface area contributed by atoms with Gasteiger partial charge in [0.05, 0.1) is 17.9 Å². The zero-order chi connectivity index (χ0) is 14.4. The van der Waals surface area contributed by atoms with Gasteiger partial charge in [0.25, 0.3) is 0 Å². The van der Waals surface area contributed by atoms with Crippen LogP contribution in [0.5, 0.6) is 0 Å². The van der Waals surface area contributed by atoms with Crippen molar-refractivity contribution < 1.29 is 14.3 Å². The molecule has 3 aliphatic rings. The number of aromatic nitrogens is 1. The van der Waals surface area contributed by atoms with Crippen molar-refractivity contribution >= 4 is 11.7 Å². The molecular weight excluding hydrogens is 268 g/mol. The average Bonchev–Trinajstić information content (AvgIpc) is 3.20. The van der Waals surface area contributed by atoms with Crippen LogP contribution in [0.25, 0.3) is 0 Å². The van der Waals surface area contributed by atoms with Gasteiger partial charge in [-0.15, -0.1) is 0 Å². The lowest BCUT2D eigenvalue weighted by atomic mass is 9.74. The van der Waals surface area contributed by atoms with Crippen LogP contribution in [0, 0.1) is 0 Å². The Morgan fingerprint density at radius 2 is 2.19 bits per heavy atom. The Morgan fingerprint density at radius 1 is 1.38 bits per heavy atom. The van der Waals surface area contributed by atoms with Gasteiger partial charge >= 0.3 is 5.97 Å². The lowest BCUT2D eigenvalue weighted by molar-refractivity contribution is -0.159. The van der Waals surface area contributed by atoms with E-state index < -0.39 is 0 Å². The Hall–Kier alpha value is -1.49. The van der Waals surface area contributed by atoms with Gasteiger partial charge in [0, 0.05) is 25.1 Å². The van der Waals surface area contributed by atoms with Crippen molar-refractivity contribution in [3.05, 3.63) is 18.0 Å². The molecule has 2 aliphatic carbocycles. The first kappa shape index (κ1) is 13.2. The first-order valence-corrected chi connectivity index (χ1v) is 7.98. The minimum absolute atomic E-state index is 0.000705. The van der Waals surface area contributed by atoms with Gasteiger partial charge in [0.1, 0.15) is 11.8 Å². The maximum absolute atomic E-state index is 12.5. The second-order valence-electron chi connectivity index (χ2n) is 6.70. The molecule has 114 valence electrons. The minimum atomic E-state index is -0.236. The van der Waals surface area contributed by atoms with Gasteiger partial charge in [0.2, 0.25) is 0 Å². The number of esters is 1. The van der Waals surface area contributed by atoms with Crippen LogP contribution < -0.4 is 5.73 Å². The summed E-state index contributed by atoms with van der Waals surface area (Å²) >= 11 is 0. The predicted octanol–water partition coefficient (Wildman–Crippen LogP) is 2.66. The van der Waals surface area contributed by atoms with E-state index in [2.05, 4.69) is 0 Å². The number of nitrogens with two attached hydrogens (primary N) is 1. The summed E-state index contributed by atoms with van der Waals surface area (Å²) in [6, 6.07) is 2.16. The lowest BCUT2D eigenvalue weighted by Gasteiger charge is -2.46. The second-order valence-corrected chi connectivity index (χ2v) is 6.70. The molecule has 1 atom stereocenters. The quantitative estimate of drug-likeness (QED) is 0.869. The monoisotopic (exact) mass is 290 g/mol. The van der Waals surface area contributed by atoms with E-state index in [0.29, 0.717) is 24.0 Å². The summed E-state index contributed by atoms with van der Waals surface area (Å²) in [6.07, 6.45) is 9.15. The zero-order valence-electron chi connectivity index (χ0n) is 12.2. The van der Waals surface area contributed by atoms with Gasteiger partial charge in [-0.1, -0.05) is 0 Å². The molecule has 4 rings (SSSR count). The minimum Gasteiger partial charge on any atom is -0.457 e. The van der Waals surface area contributed by atoms with Gasteiger partial charge in [-0.2, -0.15) is 0 Å². The Kier molecular flexibility index (Phi) is 2.99. The summed E-state index contributed by atoms with van der Waals surface area (Å²) in [5, 5.41) is 0. The first-order valence-electron chi connectivity index (χ1n) is 7.98. The number of hydrogen-bond acceptors (Lipinski definition) is 4. The van der Waals surface area contributed by atoms with Crippen molar-refractivity contribution in [2.45, 2.75) is 62.7 Å². The molecule has 2 saturated carbocycles. The number of carbonyl (C=O) groups is 1. The molecule has 1 unspecified atom stereocenters. The standard InChI is InChI=1S/C16H22N2O3/c17-11-8-14(18(10-11)12-2-3-12)15(19)21-13-4-7-20-16(9-13)5-1-6-16/h8,10,12-13H,1-7,9,17H2. The lowest BCUT2D eigenvalue weighted by Crippen LogP contribution is -2.48. The number of carbonyl (C=O) groups excluding carboxylic acids is 1. The largest absolute Gasteiger partial charge is 0.457 e. The van der Waals surface area contributed by atoms with Crippen LogP contribution in [-0.4, -0.2) is 28.8 Å². The van der Waals surface area contributed by atoms with Crippen LogP contribution in [0.2, 0.25) is 0 Å². The Labute approximate surface area is 124 Å². The predicted molar refractivity (Wildman–Crippen MR) is 78.1 cm³/mol. The second kappa shape index (κ2) is 4.77. The van der Waals surface area contributed by atoms with Crippen LogP contribution in [0.15, 0.2) is 12.3 Å². The van der Waals surface area contributed by atoms with Crippen LogP contribution in [0.3, 0.4) is 0 Å². The van der Waals surface area contributed by atoms with E-state index in [4.69, 9.17) is 15.2 Å². The maximum Gasteiger partial charge on any atom is 0.355 e. The maximum atomic E-state index is 12.5. The molecule has 3 fully saturated rings. The summed E-state index contributed by atoms with van der Waals surface area (Å²) in [4.78, 5) is 12.5. The summed E-state index contributed by atoms with van der Waals surface area (Å²) in [7, 11) is 0. The molecule has 2 N–H and O–H groups in total. The third-order valence-electron chi connectivity index (χ3n) is 5.01. The summed E-state index contributed by atoms with van der Waals surface area (Å²) in [5.74, 6) is -0.236. The highest BCUT2D eigenvalue weighted by Crippen LogP contribution is 2.43. The molecule has 1 saturated heterocycles. The molecule has 5 heteroatoms. The summed E-state index contributed by atoms with van der Waals surface area (Å²) in [6.45, 7) is 0.698. The Bertz CT molecular complexity index is 558. The van der Waals surface area contributed by atoms with E-state index >= 15 is 0 Å². The van der Waals surface area contributed by atoms with Crippen LogP contribution in [0.1, 0.15) is 61.5 Å². The van der Waals surface area contributed by atoms with Crippen molar-refractivity contribution in [3.8, 4) is 0 Å². The highest BCUT2D eigenvalue weighted by Gasteiger charge is 2.44. The smallest absolute Gasteiger partial charge is 0.355 e. The van der Waals surface area contributed by atoms with Crippen LogP contribution in [-0.2, 0) is 9.47 Å². The van der Waals surface area contributed by atoms with Gasteiger partial charge in [-0.25, -0.2) is 4.79 Å². The molecule has 1 spiro atoms. The van der Waals surface area contributed by atoms with Gasteiger partial charge in [-0.3, -0.25) is 0 Å². The van der Waals surface area contributed by atoms with Crippen molar-refractivity contribution in [2.24, 2.45) is 0 Å². The van der Waals surface area contributed by atoms with Gasteiger partial charge in [0.15, 0.2) is 0 Å². The topological polar surface area (TPSA) is 66.5 Å². The molecular formula is C16H22N2O3. The molecule has 1 aromatic rings. The normalized spacial score (nSPS) is 27.3. The fourth-order valence-electron chi connectivity index (χ4n) is 3.53. The SMILES string of the molecule is Nc1cc(C(=O)OC2CCOC3(CCC3)C2)n(C2CC2)c1. The summed E-state index contributed by atoms with van der Waals surface area (Å²) < 4.78 is 13.6. The van der Waals surface area contributed by atoms with E-state index in [9.17, 15) is 4.79 Å². The molecule has 1 aliphatic heterocycles.